The molecule has 0 saturated carbocycles. The van der Waals surface area contributed by atoms with Crippen LogP contribution in [-0.2, 0) is 5.88 Å². The lowest BCUT2D eigenvalue weighted by molar-refractivity contribution is 0.247. The van der Waals surface area contributed by atoms with Crippen LogP contribution < -0.4 is 4.90 Å². The maximum Gasteiger partial charge on any atom is 0.129 e. The Kier molecular flexibility index (Phi) is 4.71. The van der Waals surface area contributed by atoms with E-state index < -0.39 is 0 Å². The standard InChI is InChI=1S/C13H19Cl2N3/c1-17-7-3-4-10(9-17)18(2)13-6-5-11(15)12(8-14)16-13/h5-6,10H,3-4,7-9H2,1-2H3. The lowest BCUT2D eigenvalue weighted by atomic mass is 10.1. The highest BCUT2D eigenvalue weighted by Crippen LogP contribution is 2.23. The van der Waals surface area contributed by atoms with Gasteiger partial charge < -0.3 is 9.80 Å². The van der Waals surface area contributed by atoms with Crippen LogP contribution in [0, 0.1) is 0 Å². The highest BCUT2D eigenvalue weighted by molar-refractivity contribution is 6.32. The number of hydrogen-bond acceptors (Lipinski definition) is 3. The van der Waals surface area contributed by atoms with Crippen molar-refractivity contribution in [3.05, 3.63) is 22.8 Å². The molecule has 1 atom stereocenters. The molecule has 0 spiro atoms. The normalized spacial score (nSPS) is 21.0. The SMILES string of the molecule is CN1CCCC(N(C)c2ccc(Cl)c(CCl)n2)C1. The fraction of sp³-hybridized carbons (Fsp3) is 0.615. The fourth-order valence-electron chi connectivity index (χ4n) is 2.41. The summed E-state index contributed by atoms with van der Waals surface area (Å²) >= 11 is 11.9. The number of likely N-dealkylation sites (tertiary alicyclic amines) is 1. The molecule has 100 valence electrons. The van der Waals surface area contributed by atoms with Crippen LogP contribution in [0.25, 0.3) is 0 Å². The number of aromatic nitrogens is 1. The molecule has 3 nitrogen and oxygen atoms in total. The summed E-state index contributed by atoms with van der Waals surface area (Å²) < 4.78 is 0. The first kappa shape index (κ1) is 13.9. The molecule has 0 aromatic carbocycles. The summed E-state index contributed by atoms with van der Waals surface area (Å²) in [7, 11) is 4.26. The van der Waals surface area contributed by atoms with Gasteiger partial charge in [0.25, 0.3) is 0 Å². The van der Waals surface area contributed by atoms with E-state index in [0.717, 1.165) is 18.1 Å². The van der Waals surface area contributed by atoms with Gasteiger partial charge in [-0.1, -0.05) is 11.6 Å². The van der Waals surface area contributed by atoms with Crippen molar-refractivity contribution in [3.8, 4) is 0 Å². The third-order valence-electron chi connectivity index (χ3n) is 3.54. The zero-order valence-corrected chi connectivity index (χ0v) is 12.4. The minimum Gasteiger partial charge on any atom is -0.355 e. The lowest BCUT2D eigenvalue weighted by Gasteiger charge is -2.36. The van der Waals surface area contributed by atoms with Gasteiger partial charge >= 0.3 is 0 Å². The highest BCUT2D eigenvalue weighted by atomic mass is 35.5. The van der Waals surface area contributed by atoms with E-state index in [0.29, 0.717) is 16.9 Å². The molecule has 1 unspecified atom stereocenters. The molecule has 5 heteroatoms. The smallest absolute Gasteiger partial charge is 0.129 e. The fourth-order valence-corrected chi connectivity index (χ4v) is 2.85. The van der Waals surface area contributed by atoms with E-state index in [-0.39, 0.29) is 0 Å². The number of anilines is 1. The van der Waals surface area contributed by atoms with Gasteiger partial charge in [0.05, 0.1) is 16.6 Å². The first-order valence-electron chi connectivity index (χ1n) is 6.24. The predicted octanol–water partition coefficient (Wildman–Crippen LogP) is 3.00. The molecule has 1 aliphatic rings. The van der Waals surface area contributed by atoms with Crippen molar-refractivity contribution in [2.24, 2.45) is 0 Å². The maximum atomic E-state index is 6.04. The third kappa shape index (κ3) is 3.08. The van der Waals surface area contributed by atoms with Crippen molar-refractivity contribution < 1.29 is 0 Å². The summed E-state index contributed by atoms with van der Waals surface area (Å²) in [5, 5.41) is 0.642. The predicted molar refractivity (Wildman–Crippen MR) is 77.7 cm³/mol. The van der Waals surface area contributed by atoms with Gasteiger partial charge in [-0.15, -0.1) is 11.6 Å². The molecule has 18 heavy (non-hydrogen) atoms. The van der Waals surface area contributed by atoms with Gasteiger partial charge in [0, 0.05) is 19.6 Å². The maximum absolute atomic E-state index is 6.04. The molecule has 0 aliphatic carbocycles. The van der Waals surface area contributed by atoms with E-state index >= 15 is 0 Å². The Morgan fingerprint density at radius 2 is 2.28 bits per heavy atom. The molecule has 0 bridgehead atoms. The molecule has 1 aliphatic heterocycles. The van der Waals surface area contributed by atoms with Gasteiger partial charge in [-0.05, 0) is 38.6 Å². The zero-order chi connectivity index (χ0) is 13.1. The lowest BCUT2D eigenvalue weighted by Crippen LogP contribution is -2.45. The Labute approximate surface area is 119 Å². The largest absolute Gasteiger partial charge is 0.355 e. The Morgan fingerprint density at radius 1 is 1.50 bits per heavy atom. The van der Waals surface area contributed by atoms with Crippen LogP contribution in [0.1, 0.15) is 18.5 Å². The van der Waals surface area contributed by atoms with Crippen LogP contribution >= 0.6 is 23.2 Å². The molecule has 1 saturated heterocycles. The van der Waals surface area contributed by atoms with Crippen LogP contribution in [0.4, 0.5) is 5.82 Å². The molecule has 1 aromatic heterocycles. The molecule has 2 heterocycles. The van der Waals surface area contributed by atoms with Crippen LogP contribution in [0.5, 0.6) is 0 Å². The van der Waals surface area contributed by atoms with E-state index in [1.165, 1.54) is 19.4 Å². The minimum absolute atomic E-state index is 0.352. The molecular formula is C13H19Cl2N3. The second-order valence-corrected chi connectivity index (χ2v) is 5.58. The first-order chi connectivity index (χ1) is 8.61. The van der Waals surface area contributed by atoms with Crippen molar-refractivity contribution >= 4 is 29.0 Å². The first-order valence-corrected chi connectivity index (χ1v) is 7.16. The van der Waals surface area contributed by atoms with Crippen molar-refractivity contribution in [2.75, 3.05) is 32.1 Å². The number of nitrogens with zero attached hydrogens (tertiary/aromatic N) is 3. The minimum atomic E-state index is 0.352. The molecule has 0 amide bonds. The number of rotatable bonds is 3. The Bertz CT molecular complexity index is 411. The molecule has 1 fully saturated rings. The number of piperidine rings is 1. The topological polar surface area (TPSA) is 19.4 Å². The number of likely N-dealkylation sites (N-methyl/N-ethyl adjacent to an activating group) is 2. The van der Waals surface area contributed by atoms with E-state index in [4.69, 9.17) is 23.2 Å². The number of alkyl halides is 1. The van der Waals surface area contributed by atoms with Crippen molar-refractivity contribution in [2.45, 2.75) is 24.8 Å². The van der Waals surface area contributed by atoms with Gasteiger partial charge in [0.15, 0.2) is 0 Å². The molecule has 0 N–H and O–H groups in total. The summed E-state index contributed by atoms with van der Waals surface area (Å²) in [6, 6.07) is 4.36. The van der Waals surface area contributed by atoms with E-state index in [2.05, 4.69) is 28.9 Å². The molecule has 0 radical (unpaired) electrons. The van der Waals surface area contributed by atoms with Crippen molar-refractivity contribution in [1.29, 1.82) is 0 Å². The zero-order valence-electron chi connectivity index (χ0n) is 10.9. The highest BCUT2D eigenvalue weighted by Gasteiger charge is 2.22. The van der Waals surface area contributed by atoms with Crippen LogP contribution in [0.15, 0.2) is 12.1 Å². The van der Waals surface area contributed by atoms with E-state index in [1.807, 2.05) is 12.1 Å². The van der Waals surface area contributed by atoms with E-state index in [9.17, 15) is 0 Å². The van der Waals surface area contributed by atoms with Crippen molar-refractivity contribution in [1.82, 2.24) is 9.88 Å². The Hall–Kier alpha value is -0.510. The van der Waals surface area contributed by atoms with Gasteiger partial charge in [-0.2, -0.15) is 0 Å². The molecule has 2 rings (SSSR count). The van der Waals surface area contributed by atoms with Crippen LogP contribution in [-0.4, -0.2) is 43.1 Å². The Morgan fingerprint density at radius 3 is 2.94 bits per heavy atom. The quantitative estimate of drug-likeness (QED) is 0.797. The average Bonchev–Trinajstić information content (AvgIpc) is 2.38. The molecular weight excluding hydrogens is 269 g/mol. The van der Waals surface area contributed by atoms with E-state index in [1.54, 1.807) is 0 Å². The summed E-state index contributed by atoms with van der Waals surface area (Å²) in [4.78, 5) is 9.14. The van der Waals surface area contributed by atoms with Gasteiger partial charge in [0.1, 0.15) is 5.82 Å². The average molecular weight is 288 g/mol. The Balaban J connectivity index is 2.14. The third-order valence-corrected chi connectivity index (χ3v) is 4.14. The van der Waals surface area contributed by atoms with Gasteiger partial charge in [0.2, 0.25) is 0 Å². The van der Waals surface area contributed by atoms with Crippen molar-refractivity contribution in [3.63, 3.8) is 0 Å². The monoisotopic (exact) mass is 287 g/mol. The summed E-state index contributed by atoms with van der Waals surface area (Å²) in [5.74, 6) is 1.31. The second-order valence-electron chi connectivity index (χ2n) is 4.90. The summed E-state index contributed by atoms with van der Waals surface area (Å²) in [6.07, 6.45) is 2.45. The number of hydrogen-bond donors (Lipinski definition) is 0. The summed E-state index contributed by atoms with van der Waals surface area (Å²) in [5.41, 5.74) is 0.756. The van der Waals surface area contributed by atoms with Gasteiger partial charge in [-0.3, -0.25) is 0 Å². The second kappa shape index (κ2) is 6.09. The van der Waals surface area contributed by atoms with Crippen LogP contribution in [0.2, 0.25) is 5.02 Å². The number of halogens is 2. The number of pyridine rings is 1. The van der Waals surface area contributed by atoms with Crippen LogP contribution in [0.3, 0.4) is 0 Å². The molecule has 1 aromatic rings. The van der Waals surface area contributed by atoms with Gasteiger partial charge in [-0.25, -0.2) is 4.98 Å². The summed E-state index contributed by atoms with van der Waals surface area (Å²) in [6.45, 7) is 2.27.